The maximum atomic E-state index is 12.1. The Morgan fingerprint density at radius 3 is 2.68 bits per heavy atom. The summed E-state index contributed by atoms with van der Waals surface area (Å²) in [5.41, 5.74) is 0.798. The van der Waals surface area contributed by atoms with E-state index in [4.69, 9.17) is 9.47 Å². The number of nitrogens with one attached hydrogen (secondary N) is 3. The van der Waals surface area contributed by atoms with Crippen molar-refractivity contribution in [3.63, 3.8) is 0 Å². The molecule has 154 valence electrons. The van der Waals surface area contributed by atoms with E-state index < -0.39 is 10.0 Å². The molecule has 8 nitrogen and oxygen atoms in total. The van der Waals surface area contributed by atoms with Gasteiger partial charge in [0.1, 0.15) is 4.21 Å². The van der Waals surface area contributed by atoms with E-state index in [1.165, 1.54) is 11.3 Å². The molecule has 0 amide bonds. The summed E-state index contributed by atoms with van der Waals surface area (Å²) in [6, 6.07) is 8.86. The van der Waals surface area contributed by atoms with Gasteiger partial charge >= 0.3 is 0 Å². The maximum Gasteiger partial charge on any atom is 0.250 e. The largest absolute Gasteiger partial charge is 0.490 e. The van der Waals surface area contributed by atoms with Crippen LogP contribution in [0.15, 0.2) is 44.9 Å². The molecule has 3 rings (SSSR count). The van der Waals surface area contributed by atoms with Crippen molar-refractivity contribution in [3.8, 4) is 11.5 Å². The van der Waals surface area contributed by atoms with Gasteiger partial charge in [-0.2, -0.15) is 0 Å². The molecule has 0 saturated heterocycles. The van der Waals surface area contributed by atoms with Gasteiger partial charge in [0, 0.05) is 38.3 Å². The highest BCUT2D eigenvalue weighted by atomic mass is 127. The molecule has 0 radical (unpaired) electrons. The number of hydrogen-bond donors (Lipinski definition) is 3. The molecule has 1 aromatic heterocycles. The summed E-state index contributed by atoms with van der Waals surface area (Å²) >= 11 is 1.18. The summed E-state index contributed by atoms with van der Waals surface area (Å²) in [5.74, 6) is 1.94. The number of ether oxygens (including phenoxy) is 2. The zero-order valence-electron chi connectivity index (χ0n) is 15.3. The van der Waals surface area contributed by atoms with Crippen molar-refractivity contribution in [3.05, 3.63) is 35.7 Å². The first-order valence-electron chi connectivity index (χ1n) is 8.49. The number of benzene rings is 1. The van der Waals surface area contributed by atoms with E-state index in [1.807, 2.05) is 18.2 Å². The topological polar surface area (TPSA) is 101 Å². The predicted molar refractivity (Wildman–Crippen MR) is 122 cm³/mol. The molecular formula is C17H23IN4O4S2. The Morgan fingerprint density at radius 2 is 1.96 bits per heavy atom. The molecule has 0 aliphatic carbocycles. The van der Waals surface area contributed by atoms with Crippen molar-refractivity contribution in [2.24, 2.45) is 4.99 Å². The van der Waals surface area contributed by atoms with E-state index in [2.05, 4.69) is 20.3 Å². The molecule has 1 aliphatic rings. The van der Waals surface area contributed by atoms with Gasteiger partial charge in [-0.05, 0) is 23.6 Å². The van der Waals surface area contributed by atoms with E-state index in [1.54, 1.807) is 24.6 Å². The SMILES string of the molecule is CN=C(NCCNS(=O)(=O)c1cccs1)Nc1ccc2c(c1)OCCCO2.I. The van der Waals surface area contributed by atoms with Crippen LogP contribution in [0.1, 0.15) is 6.42 Å². The van der Waals surface area contributed by atoms with Crippen LogP contribution in [0.4, 0.5) is 5.69 Å². The van der Waals surface area contributed by atoms with Gasteiger partial charge in [-0.15, -0.1) is 35.3 Å². The summed E-state index contributed by atoms with van der Waals surface area (Å²) in [7, 11) is -1.81. The third kappa shape index (κ3) is 6.22. The average molecular weight is 538 g/mol. The summed E-state index contributed by atoms with van der Waals surface area (Å²) in [6.45, 7) is 1.88. The molecule has 0 saturated carbocycles. The van der Waals surface area contributed by atoms with Crippen LogP contribution in [0.25, 0.3) is 0 Å². The molecule has 0 fully saturated rings. The molecule has 1 aromatic carbocycles. The highest BCUT2D eigenvalue weighted by molar-refractivity contribution is 14.0. The van der Waals surface area contributed by atoms with Gasteiger partial charge in [0.2, 0.25) is 10.0 Å². The number of thiophene rings is 1. The van der Waals surface area contributed by atoms with Crippen LogP contribution in [0.3, 0.4) is 0 Å². The smallest absolute Gasteiger partial charge is 0.250 e. The first-order valence-corrected chi connectivity index (χ1v) is 10.9. The zero-order valence-corrected chi connectivity index (χ0v) is 19.3. The fourth-order valence-electron chi connectivity index (χ4n) is 2.41. The quantitative estimate of drug-likeness (QED) is 0.226. The predicted octanol–water partition coefficient (Wildman–Crippen LogP) is 2.49. The van der Waals surface area contributed by atoms with Crippen LogP contribution < -0.4 is 24.8 Å². The highest BCUT2D eigenvalue weighted by Crippen LogP contribution is 2.32. The third-order valence-electron chi connectivity index (χ3n) is 3.70. The second kappa shape index (κ2) is 10.8. The van der Waals surface area contributed by atoms with Crippen LogP contribution >= 0.6 is 35.3 Å². The lowest BCUT2D eigenvalue weighted by atomic mass is 10.3. The number of rotatable bonds is 6. The van der Waals surface area contributed by atoms with Crippen molar-refractivity contribution in [1.29, 1.82) is 0 Å². The Labute approximate surface area is 185 Å². The van der Waals surface area contributed by atoms with Crippen molar-refractivity contribution in [1.82, 2.24) is 10.0 Å². The van der Waals surface area contributed by atoms with Crippen LogP contribution in [0, 0.1) is 0 Å². The molecular weight excluding hydrogens is 515 g/mol. The fourth-order valence-corrected chi connectivity index (χ4v) is 4.48. The van der Waals surface area contributed by atoms with Gasteiger partial charge < -0.3 is 20.1 Å². The second-order valence-corrected chi connectivity index (χ2v) is 8.61. The van der Waals surface area contributed by atoms with Gasteiger partial charge in [0.25, 0.3) is 0 Å². The van der Waals surface area contributed by atoms with Crippen molar-refractivity contribution in [2.45, 2.75) is 10.6 Å². The minimum atomic E-state index is -3.46. The molecule has 1 aliphatic heterocycles. The van der Waals surface area contributed by atoms with E-state index in [-0.39, 0.29) is 30.5 Å². The average Bonchev–Trinajstić information content (AvgIpc) is 3.12. The molecule has 11 heteroatoms. The Kier molecular flexibility index (Phi) is 8.79. The van der Waals surface area contributed by atoms with Crippen LogP contribution in [-0.2, 0) is 10.0 Å². The lowest BCUT2D eigenvalue weighted by Crippen LogP contribution is -2.37. The molecule has 0 atom stereocenters. The van der Waals surface area contributed by atoms with Crippen LogP contribution in [-0.4, -0.2) is 47.7 Å². The number of sulfonamides is 1. The van der Waals surface area contributed by atoms with E-state index in [9.17, 15) is 8.42 Å². The monoisotopic (exact) mass is 538 g/mol. The lowest BCUT2D eigenvalue weighted by Gasteiger charge is -2.14. The number of fused-ring (bicyclic) bond motifs is 1. The van der Waals surface area contributed by atoms with Gasteiger partial charge in [-0.25, -0.2) is 13.1 Å². The number of nitrogens with zero attached hydrogens (tertiary/aromatic N) is 1. The van der Waals surface area contributed by atoms with Gasteiger partial charge in [-0.1, -0.05) is 6.07 Å². The fraction of sp³-hybridized carbons (Fsp3) is 0.353. The number of guanidine groups is 1. The summed E-state index contributed by atoms with van der Waals surface area (Å²) < 4.78 is 38.3. The first kappa shape index (κ1) is 22.7. The minimum Gasteiger partial charge on any atom is -0.490 e. The Bertz CT molecular complexity index is 889. The zero-order chi connectivity index (χ0) is 19.1. The van der Waals surface area contributed by atoms with E-state index in [0.29, 0.717) is 35.7 Å². The van der Waals surface area contributed by atoms with Crippen LogP contribution in [0.5, 0.6) is 11.5 Å². The lowest BCUT2D eigenvalue weighted by molar-refractivity contribution is 0.297. The number of halogens is 1. The maximum absolute atomic E-state index is 12.1. The summed E-state index contributed by atoms with van der Waals surface area (Å²) in [5, 5.41) is 7.95. The Balaban J connectivity index is 0.00000280. The van der Waals surface area contributed by atoms with Crippen molar-refractivity contribution in [2.75, 3.05) is 38.7 Å². The molecule has 0 bridgehead atoms. The van der Waals surface area contributed by atoms with Crippen molar-refractivity contribution < 1.29 is 17.9 Å². The standard InChI is InChI=1S/C17H22N4O4S2.HI/c1-18-17(19-7-8-20-27(22,23)16-4-2-11-26-16)21-13-5-6-14-15(12-13)25-10-3-9-24-14;/h2,4-6,11-12,20H,3,7-10H2,1H3,(H2,18,19,21);1H. The molecule has 28 heavy (non-hydrogen) atoms. The number of hydrogen-bond acceptors (Lipinski definition) is 6. The van der Waals surface area contributed by atoms with E-state index >= 15 is 0 Å². The molecule has 2 heterocycles. The van der Waals surface area contributed by atoms with Gasteiger partial charge in [-0.3, -0.25) is 4.99 Å². The molecule has 0 unspecified atom stereocenters. The van der Waals surface area contributed by atoms with Gasteiger partial charge in [0.05, 0.1) is 13.2 Å². The molecule has 2 aromatic rings. The highest BCUT2D eigenvalue weighted by Gasteiger charge is 2.14. The number of aliphatic imine (C=N–C) groups is 1. The summed E-state index contributed by atoms with van der Waals surface area (Å²) in [6.07, 6.45) is 0.849. The Hall–Kier alpha value is -1.57. The second-order valence-electron chi connectivity index (χ2n) is 5.67. The van der Waals surface area contributed by atoms with Gasteiger partial charge in [0.15, 0.2) is 17.5 Å². The first-order chi connectivity index (χ1) is 13.1. The molecule has 0 spiro atoms. The van der Waals surface area contributed by atoms with Crippen LogP contribution in [0.2, 0.25) is 0 Å². The Morgan fingerprint density at radius 1 is 1.18 bits per heavy atom. The third-order valence-corrected chi connectivity index (χ3v) is 6.56. The normalized spacial score (nSPS) is 14.0. The summed E-state index contributed by atoms with van der Waals surface area (Å²) in [4.78, 5) is 4.14. The van der Waals surface area contributed by atoms with E-state index in [0.717, 1.165) is 17.9 Å². The molecule has 3 N–H and O–H groups in total. The number of anilines is 1. The minimum absolute atomic E-state index is 0. The van der Waals surface area contributed by atoms with Crippen molar-refractivity contribution >= 4 is 57.0 Å².